The number of nitrogens with zero attached hydrogens (tertiary/aromatic N) is 2. The lowest BCUT2D eigenvalue weighted by atomic mass is 9.87. The summed E-state index contributed by atoms with van der Waals surface area (Å²) in [5, 5.41) is 11.9. The lowest BCUT2D eigenvalue weighted by Crippen LogP contribution is -2.47. The number of rotatable bonds is 14. The molecule has 4 atom stereocenters. The minimum absolute atomic E-state index is 0.000620. The van der Waals surface area contributed by atoms with Crippen LogP contribution in [0.2, 0.25) is 0 Å². The number of hydrogen-bond acceptors (Lipinski definition) is 7. The van der Waals surface area contributed by atoms with Crippen molar-refractivity contribution in [2.75, 3.05) is 19.6 Å². The molecule has 11 nitrogen and oxygen atoms in total. The van der Waals surface area contributed by atoms with Crippen molar-refractivity contribution in [1.82, 2.24) is 26.0 Å². The molecule has 0 aliphatic carbocycles. The number of benzene rings is 1. The third-order valence-corrected chi connectivity index (χ3v) is 8.36. The number of amides is 4. The number of ketones is 1. The maximum Gasteiger partial charge on any atom is 0.274 e. The fraction of sp³-hybridized carbons (Fsp3) is 0.515. The molecule has 2 saturated heterocycles. The number of aryl methyl sites for hydroxylation is 1. The third-order valence-electron chi connectivity index (χ3n) is 8.36. The minimum atomic E-state index is -2.97. The van der Waals surface area contributed by atoms with Crippen LogP contribution in [0.5, 0.6) is 0 Å². The highest BCUT2D eigenvalue weighted by Gasteiger charge is 2.40. The van der Waals surface area contributed by atoms with Gasteiger partial charge in [0, 0.05) is 56.0 Å². The van der Waals surface area contributed by atoms with Crippen LogP contribution in [0, 0.1) is 30.5 Å². The van der Waals surface area contributed by atoms with Crippen molar-refractivity contribution in [3.8, 4) is 0 Å². The van der Waals surface area contributed by atoms with Gasteiger partial charge < -0.3 is 25.4 Å². The first-order valence-electron chi connectivity index (χ1n) is 15.6. The normalized spacial score (nSPS) is 19.4. The van der Waals surface area contributed by atoms with Crippen molar-refractivity contribution < 1.29 is 41.7 Å². The topological polar surface area (TPSA) is 151 Å². The Hall–Kier alpha value is -4.49. The van der Waals surface area contributed by atoms with Crippen LogP contribution in [-0.4, -0.2) is 77.1 Å². The number of carbonyl (C=O) groups is 5. The summed E-state index contributed by atoms with van der Waals surface area (Å²) >= 11 is 0. The van der Waals surface area contributed by atoms with Gasteiger partial charge in [0.25, 0.3) is 11.8 Å². The van der Waals surface area contributed by atoms with Gasteiger partial charge in [-0.05, 0) is 49.8 Å². The quantitative estimate of drug-likeness (QED) is 0.264. The Morgan fingerprint density at radius 1 is 1.17 bits per heavy atom. The second-order valence-electron chi connectivity index (χ2n) is 12.6. The summed E-state index contributed by atoms with van der Waals surface area (Å²) in [4.78, 5) is 66.4. The van der Waals surface area contributed by atoms with Crippen molar-refractivity contribution >= 4 is 29.4 Å². The summed E-state index contributed by atoms with van der Waals surface area (Å²) < 4.78 is 46.0. The van der Waals surface area contributed by atoms with Crippen LogP contribution in [-0.2, 0) is 25.6 Å². The number of nitrogens with one attached hydrogen (secondary N) is 3. The molecule has 2 aromatic rings. The molecule has 0 radical (unpaired) electrons. The number of aromatic nitrogens is 1. The van der Waals surface area contributed by atoms with Crippen molar-refractivity contribution in [3.63, 3.8) is 0 Å². The highest BCUT2D eigenvalue weighted by atomic mass is 19.3. The van der Waals surface area contributed by atoms with E-state index >= 15 is 0 Å². The highest BCUT2D eigenvalue weighted by molar-refractivity contribution is 5.97. The largest absolute Gasteiger partial charge is 0.361 e. The number of halogens is 3. The van der Waals surface area contributed by atoms with Gasteiger partial charge in [0.1, 0.15) is 11.6 Å². The fourth-order valence-corrected chi connectivity index (χ4v) is 5.73. The summed E-state index contributed by atoms with van der Waals surface area (Å²) in [6, 6.07) is 5.09. The van der Waals surface area contributed by atoms with Crippen LogP contribution in [0.25, 0.3) is 0 Å². The number of likely N-dealkylation sites (tertiary alicyclic amines) is 1. The molecule has 0 unspecified atom stereocenters. The van der Waals surface area contributed by atoms with Crippen LogP contribution in [0.15, 0.2) is 47.0 Å². The molecule has 0 spiro atoms. The highest BCUT2D eigenvalue weighted by Crippen LogP contribution is 2.27. The summed E-state index contributed by atoms with van der Waals surface area (Å²) in [5.74, 6) is -7.30. The monoisotopic (exact) mass is 659 g/mol. The molecule has 3 N–H and O–H groups in total. The average molecular weight is 660 g/mol. The van der Waals surface area contributed by atoms with E-state index in [1.807, 2.05) is 0 Å². The molecule has 2 fully saturated rings. The van der Waals surface area contributed by atoms with E-state index in [1.165, 1.54) is 36.4 Å². The van der Waals surface area contributed by atoms with Crippen LogP contribution in [0.4, 0.5) is 13.2 Å². The molecule has 47 heavy (non-hydrogen) atoms. The van der Waals surface area contributed by atoms with Gasteiger partial charge in [-0.15, -0.1) is 0 Å². The van der Waals surface area contributed by atoms with Gasteiger partial charge in [-0.25, -0.2) is 13.2 Å². The summed E-state index contributed by atoms with van der Waals surface area (Å²) in [6.45, 7) is 4.75. The molecule has 14 heteroatoms. The van der Waals surface area contributed by atoms with Crippen molar-refractivity contribution in [1.29, 1.82) is 0 Å². The van der Waals surface area contributed by atoms with Crippen LogP contribution < -0.4 is 16.0 Å². The Morgan fingerprint density at radius 2 is 1.89 bits per heavy atom. The Bertz CT molecular complexity index is 1490. The summed E-state index contributed by atoms with van der Waals surface area (Å²) in [6.07, 6.45) is 2.45. The predicted molar refractivity (Wildman–Crippen MR) is 163 cm³/mol. The lowest BCUT2D eigenvalue weighted by Gasteiger charge is -2.25. The maximum absolute atomic E-state index is 13.9. The Kier molecular flexibility index (Phi) is 11.6. The smallest absolute Gasteiger partial charge is 0.274 e. The van der Waals surface area contributed by atoms with Crippen molar-refractivity contribution in [2.45, 2.75) is 70.9 Å². The molecule has 3 heterocycles. The third kappa shape index (κ3) is 10.00. The number of Topliss-reactive ketones (excluding diaryl/α,β-unsaturated/α-hetero) is 1. The SMILES string of the molecule is Cc1cc(C(=O)N[C@H](C(=O)C[C@@H](Cc2ccc(F)cc2)C(=O)N[C@H](/C=C/C(=O)N2CCC(F)(F)C2)C[C@@H]2CCNC2=O)C(C)C)no1. The Balaban J connectivity index is 1.54. The standard InChI is InChI=1S/C33H40F3N5O6/c1-19(2)29(39-32(46)26-14-20(3)47-40-26)27(42)17-23(15-21-4-6-24(34)7-5-21)31(45)38-25(16-22-10-12-37-30(22)44)8-9-28(43)41-13-11-33(35,36)18-41/h4-9,14,19,22-23,25,29H,10-13,15-18H2,1-3H3,(H,37,44)(H,38,45)(H,39,46)/b9-8+/t22-,23+,25+,29-/m0/s1. The molecule has 1 aromatic carbocycles. The van der Waals surface area contributed by atoms with E-state index in [-0.39, 0.29) is 43.3 Å². The van der Waals surface area contributed by atoms with Crippen LogP contribution in [0.3, 0.4) is 0 Å². The van der Waals surface area contributed by atoms with E-state index < -0.39 is 72.1 Å². The molecule has 4 rings (SSSR count). The molecule has 2 aliphatic rings. The first-order chi connectivity index (χ1) is 22.2. The van der Waals surface area contributed by atoms with E-state index in [1.54, 1.807) is 20.8 Å². The zero-order valence-corrected chi connectivity index (χ0v) is 26.6. The molecule has 254 valence electrons. The number of alkyl halides is 2. The lowest BCUT2D eigenvalue weighted by molar-refractivity contribution is -0.131. The Labute approximate surface area is 270 Å². The first-order valence-corrected chi connectivity index (χ1v) is 15.6. The van der Waals surface area contributed by atoms with Gasteiger partial charge in [0.15, 0.2) is 11.5 Å². The zero-order chi connectivity index (χ0) is 34.3. The van der Waals surface area contributed by atoms with E-state index in [2.05, 4.69) is 21.1 Å². The van der Waals surface area contributed by atoms with Gasteiger partial charge in [0.2, 0.25) is 17.7 Å². The van der Waals surface area contributed by atoms with Crippen LogP contribution in [0.1, 0.15) is 61.3 Å². The Morgan fingerprint density at radius 3 is 2.47 bits per heavy atom. The van der Waals surface area contributed by atoms with E-state index in [4.69, 9.17) is 4.52 Å². The van der Waals surface area contributed by atoms with Gasteiger partial charge in [-0.3, -0.25) is 24.0 Å². The van der Waals surface area contributed by atoms with Gasteiger partial charge in [-0.1, -0.05) is 37.2 Å². The molecule has 0 bridgehead atoms. The summed E-state index contributed by atoms with van der Waals surface area (Å²) in [5.41, 5.74) is 0.578. The fourth-order valence-electron chi connectivity index (χ4n) is 5.73. The van der Waals surface area contributed by atoms with Crippen molar-refractivity contribution in [2.24, 2.45) is 17.8 Å². The molecule has 1 aromatic heterocycles. The average Bonchev–Trinajstić information content (AvgIpc) is 3.74. The first kappa shape index (κ1) is 35.4. The molecule has 4 amide bonds. The maximum atomic E-state index is 13.9. The van der Waals surface area contributed by atoms with Crippen LogP contribution >= 0.6 is 0 Å². The minimum Gasteiger partial charge on any atom is -0.361 e. The molecular formula is C33H40F3N5O6. The summed E-state index contributed by atoms with van der Waals surface area (Å²) in [7, 11) is 0. The van der Waals surface area contributed by atoms with E-state index in [0.29, 0.717) is 24.3 Å². The molecule has 0 saturated carbocycles. The van der Waals surface area contributed by atoms with Gasteiger partial charge in [0.05, 0.1) is 12.6 Å². The number of carbonyl (C=O) groups excluding carboxylic acids is 5. The second kappa shape index (κ2) is 15.4. The zero-order valence-electron chi connectivity index (χ0n) is 26.6. The van der Waals surface area contributed by atoms with Gasteiger partial charge in [-0.2, -0.15) is 0 Å². The number of hydrogen-bond donors (Lipinski definition) is 3. The molecular weight excluding hydrogens is 619 g/mol. The van der Waals surface area contributed by atoms with E-state index in [0.717, 1.165) is 11.0 Å². The van der Waals surface area contributed by atoms with E-state index in [9.17, 15) is 37.1 Å². The second-order valence-corrected chi connectivity index (χ2v) is 12.6. The molecule has 2 aliphatic heterocycles. The van der Waals surface area contributed by atoms with Gasteiger partial charge >= 0.3 is 0 Å². The van der Waals surface area contributed by atoms with Crippen molar-refractivity contribution in [3.05, 3.63) is 65.3 Å². The predicted octanol–water partition coefficient (Wildman–Crippen LogP) is 3.13.